The number of thioether (sulfide) groups is 1. The second-order valence-electron chi connectivity index (χ2n) is 3.16. The van der Waals surface area contributed by atoms with E-state index in [1.165, 1.54) is 11.8 Å². The summed E-state index contributed by atoms with van der Waals surface area (Å²) < 4.78 is 4.98. The molecule has 0 saturated heterocycles. The van der Waals surface area contributed by atoms with Crippen LogP contribution in [0.15, 0.2) is 23.4 Å². The van der Waals surface area contributed by atoms with Crippen LogP contribution in [-0.4, -0.2) is 22.8 Å². The minimum Gasteiger partial charge on any atom is -0.465 e. The molecule has 0 fully saturated rings. The second kappa shape index (κ2) is 6.37. The Morgan fingerprint density at radius 1 is 1.62 bits per heavy atom. The number of hydrogen-bond donors (Lipinski definition) is 1. The molecule has 1 aromatic heterocycles. The van der Waals surface area contributed by atoms with Crippen molar-refractivity contribution in [1.29, 1.82) is 0 Å². The molecule has 1 heterocycles. The van der Waals surface area contributed by atoms with Gasteiger partial charge >= 0.3 is 5.97 Å². The van der Waals surface area contributed by atoms with Crippen LogP contribution in [0.4, 0.5) is 5.69 Å². The topological polar surface area (TPSA) is 65.2 Å². The van der Waals surface area contributed by atoms with Gasteiger partial charge in [0.1, 0.15) is 10.3 Å². The third kappa shape index (κ3) is 3.41. The fraction of sp³-hybridized carbons (Fsp3) is 0.455. The Bertz CT molecular complexity index is 358. The molecule has 5 heteroatoms. The van der Waals surface area contributed by atoms with E-state index in [4.69, 9.17) is 10.5 Å². The van der Waals surface area contributed by atoms with E-state index in [2.05, 4.69) is 4.98 Å². The van der Waals surface area contributed by atoms with Gasteiger partial charge in [-0.05, 0) is 25.5 Å². The summed E-state index contributed by atoms with van der Waals surface area (Å²) in [7, 11) is 0. The molecular formula is C11H16N2O2S. The second-order valence-corrected chi connectivity index (χ2v) is 4.36. The molecule has 0 spiro atoms. The highest BCUT2D eigenvalue weighted by molar-refractivity contribution is 8.00. The van der Waals surface area contributed by atoms with Gasteiger partial charge in [-0.3, -0.25) is 4.79 Å². The Hall–Kier alpha value is -1.23. The zero-order valence-electron chi connectivity index (χ0n) is 9.47. The Morgan fingerprint density at radius 3 is 2.94 bits per heavy atom. The number of hydrogen-bond acceptors (Lipinski definition) is 5. The predicted octanol–water partition coefficient (Wildman–Crippen LogP) is 2.10. The number of carbonyl (C=O) groups excluding carboxylic acids is 1. The summed E-state index contributed by atoms with van der Waals surface area (Å²) in [6.45, 7) is 4.13. The average molecular weight is 240 g/mol. The molecular weight excluding hydrogens is 224 g/mol. The molecule has 0 aliphatic carbocycles. The monoisotopic (exact) mass is 240 g/mol. The minimum absolute atomic E-state index is 0.208. The van der Waals surface area contributed by atoms with Crippen molar-refractivity contribution in [2.24, 2.45) is 0 Å². The van der Waals surface area contributed by atoms with Crippen molar-refractivity contribution < 1.29 is 9.53 Å². The third-order valence-corrected chi connectivity index (χ3v) is 3.35. The van der Waals surface area contributed by atoms with Crippen molar-refractivity contribution in [1.82, 2.24) is 4.98 Å². The Labute approximate surface area is 99.6 Å². The maximum absolute atomic E-state index is 11.6. The molecule has 4 nitrogen and oxygen atoms in total. The van der Waals surface area contributed by atoms with Gasteiger partial charge in [-0.2, -0.15) is 0 Å². The molecule has 0 radical (unpaired) electrons. The van der Waals surface area contributed by atoms with E-state index in [1.54, 1.807) is 25.3 Å². The smallest absolute Gasteiger partial charge is 0.319 e. The van der Waals surface area contributed by atoms with Gasteiger partial charge in [0.15, 0.2) is 0 Å². The predicted molar refractivity (Wildman–Crippen MR) is 65.2 cm³/mol. The number of nitrogen functional groups attached to an aromatic ring is 1. The SMILES string of the molecule is CCOC(=O)C(CC)Sc1ncccc1N. The molecule has 0 aliphatic rings. The summed E-state index contributed by atoms with van der Waals surface area (Å²) in [5.74, 6) is -0.208. The van der Waals surface area contributed by atoms with Crippen LogP contribution >= 0.6 is 11.8 Å². The molecule has 1 unspecified atom stereocenters. The molecule has 0 amide bonds. The molecule has 0 bridgehead atoms. The van der Waals surface area contributed by atoms with E-state index >= 15 is 0 Å². The summed E-state index contributed by atoms with van der Waals surface area (Å²) >= 11 is 1.35. The standard InChI is InChI=1S/C11H16N2O2S/c1-3-9(11(14)15-4-2)16-10-8(12)6-5-7-13-10/h5-7,9H,3-4,12H2,1-2H3. The van der Waals surface area contributed by atoms with Gasteiger partial charge in [0.05, 0.1) is 12.3 Å². The molecule has 88 valence electrons. The van der Waals surface area contributed by atoms with Crippen molar-refractivity contribution >= 4 is 23.4 Å². The Morgan fingerprint density at radius 2 is 2.38 bits per heavy atom. The number of rotatable bonds is 5. The lowest BCUT2D eigenvalue weighted by molar-refractivity contribution is -0.142. The van der Waals surface area contributed by atoms with Gasteiger partial charge in [0, 0.05) is 6.20 Å². The van der Waals surface area contributed by atoms with Gasteiger partial charge in [-0.15, -0.1) is 0 Å². The van der Waals surface area contributed by atoms with Crippen molar-refractivity contribution in [3.63, 3.8) is 0 Å². The van der Waals surface area contributed by atoms with E-state index in [-0.39, 0.29) is 11.2 Å². The fourth-order valence-corrected chi connectivity index (χ4v) is 2.10. The summed E-state index contributed by atoms with van der Waals surface area (Å²) in [5, 5.41) is 0.444. The number of aromatic nitrogens is 1. The highest BCUT2D eigenvalue weighted by atomic mass is 32.2. The van der Waals surface area contributed by atoms with Crippen molar-refractivity contribution in [2.75, 3.05) is 12.3 Å². The van der Waals surface area contributed by atoms with Gasteiger partial charge in [-0.1, -0.05) is 18.7 Å². The zero-order valence-corrected chi connectivity index (χ0v) is 10.3. The Kier molecular flexibility index (Phi) is 5.11. The van der Waals surface area contributed by atoms with Gasteiger partial charge in [0.25, 0.3) is 0 Å². The van der Waals surface area contributed by atoms with Gasteiger partial charge < -0.3 is 10.5 Å². The highest BCUT2D eigenvalue weighted by Crippen LogP contribution is 2.28. The number of carbonyl (C=O) groups is 1. The number of pyridine rings is 1. The van der Waals surface area contributed by atoms with E-state index in [9.17, 15) is 4.79 Å². The lowest BCUT2D eigenvalue weighted by Crippen LogP contribution is -2.19. The molecule has 16 heavy (non-hydrogen) atoms. The zero-order chi connectivity index (χ0) is 12.0. The van der Waals surface area contributed by atoms with Crippen LogP contribution in [0.5, 0.6) is 0 Å². The van der Waals surface area contributed by atoms with Crippen molar-refractivity contribution in [3.8, 4) is 0 Å². The summed E-state index contributed by atoms with van der Waals surface area (Å²) in [6.07, 6.45) is 2.36. The van der Waals surface area contributed by atoms with E-state index in [0.29, 0.717) is 23.7 Å². The molecule has 0 aromatic carbocycles. The maximum atomic E-state index is 11.6. The lowest BCUT2D eigenvalue weighted by atomic mass is 10.3. The van der Waals surface area contributed by atoms with Crippen molar-refractivity contribution in [3.05, 3.63) is 18.3 Å². The first-order chi connectivity index (χ1) is 7.69. The lowest BCUT2D eigenvalue weighted by Gasteiger charge is -2.13. The fourth-order valence-electron chi connectivity index (χ4n) is 1.17. The number of ether oxygens (including phenoxy) is 1. The molecule has 1 atom stereocenters. The van der Waals surface area contributed by atoms with Crippen LogP contribution in [0.25, 0.3) is 0 Å². The van der Waals surface area contributed by atoms with Gasteiger partial charge in [0.2, 0.25) is 0 Å². The molecule has 2 N–H and O–H groups in total. The van der Waals surface area contributed by atoms with Crippen LogP contribution in [0.2, 0.25) is 0 Å². The van der Waals surface area contributed by atoms with E-state index in [0.717, 1.165) is 0 Å². The first-order valence-electron chi connectivity index (χ1n) is 5.22. The quantitative estimate of drug-likeness (QED) is 0.630. The normalized spacial score (nSPS) is 12.1. The number of nitrogens with zero attached hydrogens (tertiary/aromatic N) is 1. The first kappa shape index (κ1) is 12.8. The van der Waals surface area contributed by atoms with Crippen LogP contribution < -0.4 is 5.73 Å². The first-order valence-corrected chi connectivity index (χ1v) is 6.10. The molecule has 1 rings (SSSR count). The van der Waals surface area contributed by atoms with E-state index < -0.39 is 0 Å². The molecule has 0 aliphatic heterocycles. The van der Waals surface area contributed by atoms with Gasteiger partial charge in [-0.25, -0.2) is 4.98 Å². The Balaban J connectivity index is 2.70. The van der Waals surface area contributed by atoms with Crippen LogP contribution in [-0.2, 0) is 9.53 Å². The summed E-state index contributed by atoms with van der Waals surface area (Å²) in [4.78, 5) is 15.7. The average Bonchev–Trinajstić information content (AvgIpc) is 2.28. The third-order valence-electron chi connectivity index (χ3n) is 1.97. The largest absolute Gasteiger partial charge is 0.465 e. The van der Waals surface area contributed by atoms with Crippen LogP contribution in [0, 0.1) is 0 Å². The maximum Gasteiger partial charge on any atom is 0.319 e. The number of anilines is 1. The number of nitrogens with two attached hydrogens (primary N) is 1. The van der Waals surface area contributed by atoms with Crippen LogP contribution in [0.1, 0.15) is 20.3 Å². The minimum atomic E-state index is -0.239. The van der Waals surface area contributed by atoms with E-state index in [1.807, 2.05) is 6.92 Å². The molecule has 0 saturated carbocycles. The summed E-state index contributed by atoms with van der Waals surface area (Å²) in [5.41, 5.74) is 6.36. The number of esters is 1. The van der Waals surface area contributed by atoms with Crippen LogP contribution in [0.3, 0.4) is 0 Å². The summed E-state index contributed by atoms with van der Waals surface area (Å²) in [6, 6.07) is 3.54. The van der Waals surface area contributed by atoms with Crippen molar-refractivity contribution in [2.45, 2.75) is 30.5 Å². The molecule has 1 aromatic rings. The highest BCUT2D eigenvalue weighted by Gasteiger charge is 2.20.